The minimum atomic E-state index is -3.87. The van der Waals surface area contributed by atoms with Crippen molar-refractivity contribution in [3.05, 3.63) is 59.7 Å². The highest BCUT2D eigenvalue weighted by Gasteiger charge is 2.38. The molecule has 1 fully saturated rings. The number of sulfonamides is 1. The van der Waals surface area contributed by atoms with Gasteiger partial charge in [-0.2, -0.15) is 4.31 Å². The average Bonchev–Trinajstić information content (AvgIpc) is 3.11. The van der Waals surface area contributed by atoms with E-state index in [1.807, 2.05) is 56.0 Å². The van der Waals surface area contributed by atoms with Crippen molar-refractivity contribution in [1.29, 1.82) is 0 Å². The lowest BCUT2D eigenvalue weighted by molar-refractivity contribution is -0.133. The quantitative estimate of drug-likeness (QED) is 0.556. The highest BCUT2D eigenvalue weighted by Crippen LogP contribution is 2.38. The molecule has 1 heterocycles. The number of rotatable bonds is 8. The Labute approximate surface area is 208 Å². The van der Waals surface area contributed by atoms with E-state index in [-0.39, 0.29) is 41.3 Å². The number of hydrogen-bond acceptors (Lipinski definition) is 4. The molecule has 0 bridgehead atoms. The van der Waals surface area contributed by atoms with Crippen LogP contribution in [0.2, 0.25) is 0 Å². The Kier molecular flexibility index (Phi) is 7.33. The Morgan fingerprint density at radius 2 is 1.77 bits per heavy atom. The first-order valence-electron chi connectivity index (χ1n) is 12.4. The SMILES string of the molecule is CC(C)N(Cc1ccccc1)C(=O)CN(C)S(=O)(=O)c1ccc2c(c1)C[C@@H](C)N2C(=O)C1CCC1. The Balaban J connectivity index is 1.49. The minimum Gasteiger partial charge on any atom is -0.335 e. The summed E-state index contributed by atoms with van der Waals surface area (Å²) in [5, 5.41) is 0. The number of fused-ring (bicyclic) bond motifs is 1. The number of carbonyl (C=O) groups is 2. The average molecular weight is 498 g/mol. The largest absolute Gasteiger partial charge is 0.335 e. The fourth-order valence-electron chi connectivity index (χ4n) is 4.84. The lowest BCUT2D eigenvalue weighted by atomic mass is 9.84. The van der Waals surface area contributed by atoms with Gasteiger partial charge in [0.15, 0.2) is 0 Å². The molecule has 0 N–H and O–H groups in total. The standard InChI is InChI=1S/C27H35N3O4S/c1-19(2)29(17-21-9-6-5-7-10-21)26(31)18-28(4)35(33,34)24-13-14-25-23(16-24)15-20(3)30(25)27(32)22-11-8-12-22/h5-7,9-10,13-14,16,19-20,22H,8,11-12,15,17-18H2,1-4H3/t20-/m1/s1. The van der Waals surface area contributed by atoms with E-state index in [0.717, 1.165) is 40.4 Å². The van der Waals surface area contributed by atoms with Crippen LogP contribution in [0.4, 0.5) is 5.69 Å². The highest BCUT2D eigenvalue weighted by atomic mass is 32.2. The molecular weight excluding hydrogens is 462 g/mol. The third-order valence-corrected chi connectivity index (χ3v) is 8.96. The van der Waals surface area contributed by atoms with Gasteiger partial charge in [-0.15, -0.1) is 0 Å². The number of hydrogen-bond donors (Lipinski definition) is 0. The van der Waals surface area contributed by atoms with E-state index >= 15 is 0 Å². The van der Waals surface area contributed by atoms with Gasteiger partial charge in [0, 0.05) is 37.3 Å². The van der Waals surface area contributed by atoms with Gasteiger partial charge in [-0.1, -0.05) is 36.8 Å². The van der Waals surface area contributed by atoms with E-state index in [2.05, 4.69) is 0 Å². The Hall–Kier alpha value is -2.71. The van der Waals surface area contributed by atoms with E-state index in [4.69, 9.17) is 0 Å². The molecule has 2 aromatic rings. The Morgan fingerprint density at radius 3 is 2.37 bits per heavy atom. The molecule has 35 heavy (non-hydrogen) atoms. The number of carbonyl (C=O) groups excluding carboxylic acids is 2. The van der Waals surface area contributed by atoms with E-state index in [1.165, 1.54) is 7.05 Å². The number of amides is 2. The number of anilines is 1. The fraction of sp³-hybridized carbons (Fsp3) is 0.481. The molecule has 1 aliphatic carbocycles. The molecule has 0 aromatic heterocycles. The number of likely N-dealkylation sites (N-methyl/N-ethyl adjacent to an activating group) is 1. The fourth-order valence-corrected chi connectivity index (χ4v) is 6.01. The molecule has 0 saturated heterocycles. The second kappa shape index (κ2) is 10.1. The van der Waals surface area contributed by atoms with Crippen LogP contribution >= 0.6 is 0 Å². The van der Waals surface area contributed by atoms with E-state index in [0.29, 0.717) is 13.0 Å². The van der Waals surface area contributed by atoms with Gasteiger partial charge in [0.05, 0.1) is 11.4 Å². The van der Waals surface area contributed by atoms with Crippen LogP contribution in [0.25, 0.3) is 0 Å². The summed E-state index contributed by atoms with van der Waals surface area (Å²) in [6.07, 6.45) is 3.58. The van der Waals surface area contributed by atoms with Crippen LogP contribution in [0, 0.1) is 5.92 Å². The van der Waals surface area contributed by atoms with Crippen LogP contribution in [0.3, 0.4) is 0 Å². The molecule has 0 spiro atoms. The molecule has 188 valence electrons. The predicted octanol–water partition coefficient (Wildman–Crippen LogP) is 3.82. The summed E-state index contributed by atoms with van der Waals surface area (Å²) in [6.45, 7) is 6.03. The van der Waals surface area contributed by atoms with Gasteiger partial charge in [-0.3, -0.25) is 9.59 Å². The molecule has 2 aromatic carbocycles. The monoisotopic (exact) mass is 497 g/mol. The maximum absolute atomic E-state index is 13.4. The molecule has 0 radical (unpaired) electrons. The zero-order valence-electron chi connectivity index (χ0n) is 21.0. The van der Waals surface area contributed by atoms with Crippen LogP contribution in [0.5, 0.6) is 0 Å². The first-order chi connectivity index (χ1) is 16.6. The van der Waals surface area contributed by atoms with Crippen molar-refractivity contribution in [3.8, 4) is 0 Å². The van der Waals surface area contributed by atoms with Gasteiger partial charge in [0.2, 0.25) is 21.8 Å². The van der Waals surface area contributed by atoms with Gasteiger partial charge in [0.25, 0.3) is 0 Å². The van der Waals surface area contributed by atoms with Gasteiger partial charge in [-0.05, 0) is 69.4 Å². The minimum absolute atomic E-state index is 0.00736. The Bertz CT molecular complexity index is 1190. The van der Waals surface area contributed by atoms with Crippen LogP contribution in [0.1, 0.15) is 51.2 Å². The van der Waals surface area contributed by atoms with Crippen molar-refractivity contribution in [2.45, 2.75) is 70.0 Å². The summed E-state index contributed by atoms with van der Waals surface area (Å²) >= 11 is 0. The van der Waals surface area contributed by atoms with Crippen molar-refractivity contribution < 1.29 is 18.0 Å². The summed E-state index contributed by atoms with van der Waals surface area (Å²) in [7, 11) is -2.43. The summed E-state index contributed by atoms with van der Waals surface area (Å²) in [6, 6.07) is 14.6. The van der Waals surface area contributed by atoms with Crippen molar-refractivity contribution in [2.75, 3.05) is 18.5 Å². The van der Waals surface area contributed by atoms with Crippen molar-refractivity contribution in [1.82, 2.24) is 9.21 Å². The van der Waals surface area contributed by atoms with E-state index < -0.39 is 10.0 Å². The molecule has 4 rings (SSSR count). The maximum Gasteiger partial charge on any atom is 0.243 e. The van der Waals surface area contributed by atoms with Crippen LogP contribution < -0.4 is 4.90 Å². The van der Waals surface area contributed by atoms with Gasteiger partial charge < -0.3 is 9.80 Å². The van der Waals surface area contributed by atoms with E-state index in [9.17, 15) is 18.0 Å². The first kappa shape index (κ1) is 25.4. The van der Waals surface area contributed by atoms with E-state index in [1.54, 1.807) is 23.1 Å². The molecule has 2 amide bonds. The van der Waals surface area contributed by atoms with Crippen LogP contribution in [-0.2, 0) is 32.6 Å². The lowest BCUT2D eigenvalue weighted by Crippen LogP contribution is -2.43. The van der Waals surface area contributed by atoms with Crippen molar-refractivity contribution in [2.24, 2.45) is 5.92 Å². The molecular formula is C27H35N3O4S. The van der Waals surface area contributed by atoms with Gasteiger partial charge in [-0.25, -0.2) is 8.42 Å². The topological polar surface area (TPSA) is 78.0 Å². The summed E-state index contributed by atoms with van der Waals surface area (Å²) < 4.78 is 27.8. The zero-order chi connectivity index (χ0) is 25.3. The van der Waals surface area contributed by atoms with Crippen molar-refractivity contribution >= 4 is 27.5 Å². The lowest BCUT2D eigenvalue weighted by Gasteiger charge is -2.32. The van der Waals surface area contributed by atoms with Crippen molar-refractivity contribution in [3.63, 3.8) is 0 Å². The maximum atomic E-state index is 13.4. The zero-order valence-corrected chi connectivity index (χ0v) is 21.8. The van der Waals surface area contributed by atoms with Gasteiger partial charge in [0.1, 0.15) is 0 Å². The second-order valence-electron chi connectivity index (χ2n) is 10.0. The molecule has 8 heteroatoms. The normalized spacial score (nSPS) is 18.0. The van der Waals surface area contributed by atoms with Crippen LogP contribution in [0.15, 0.2) is 53.4 Å². The smallest absolute Gasteiger partial charge is 0.243 e. The summed E-state index contributed by atoms with van der Waals surface area (Å²) in [4.78, 5) is 29.7. The Morgan fingerprint density at radius 1 is 1.09 bits per heavy atom. The molecule has 2 aliphatic rings. The third-order valence-electron chi connectivity index (χ3n) is 7.16. The highest BCUT2D eigenvalue weighted by molar-refractivity contribution is 7.89. The predicted molar refractivity (Wildman–Crippen MR) is 136 cm³/mol. The third kappa shape index (κ3) is 5.14. The number of benzene rings is 2. The molecule has 7 nitrogen and oxygen atoms in total. The molecule has 1 aliphatic heterocycles. The summed E-state index contributed by atoms with van der Waals surface area (Å²) in [5.41, 5.74) is 2.66. The molecule has 0 unspecified atom stereocenters. The molecule has 1 saturated carbocycles. The molecule has 1 atom stereocenters. The van der Waals surface area contributed by atoms with Crippen LogP contribution in [-0.4, -0.2) is 55.1 Å². The first-order valence-corrected chi connectivity index (χ1v) is 13.8. The number of nitrogens with zero attached hydrogens (tertiary/aromatic N) is 3. The second-order valence-corrected chi connectivity index (χ2v) is 12.1. The summed E-state index contributed by atoms with van der Waals surface area (Å²) in [5.74, 6) is -0.0151. The van der Waals surface area contributed by atoms with Gasteiger partial charge >= 0.3 is 0 Å².